The summed E-state index contributed by atoms with van der Waals surface area (Å²) < 4.78 is 6.14. The van der Waals surface area contributed by atoms with E-state index in [1.165, 1.54) is 0 Å². The summed E-state index contributed by atoms with van der Waals surface area (Å²) in [6.07, 6.45) is 3.61. The predicted octanol–water partition coefficient (Wildman–Crippen LogP) is 3.74. The number of para-hydroxylation sites is 1. The average Bonchev–Trinajstić information content (AvgIpc) is 2.73. The van der Waals surface area contributed by atoms with Crippen molar-refractivity contribution < 1.29 is 9.53 Å². The third-order valence-electron chi connectivity index (χ3n) is 4.25. The molecule has 1 aliphatic heterocycles. The van der Waals surface area contributed by atoms with Gasteiger partial charge in [-0.2, -0.15) is 5.10 Å². The fourth-order valence-corrected chi connectivity index (χ4v) is 2.93. The maximum absolute atomic E-state index is 12.3. The molecular weight excluding hydrogens is 326 g/mol. The Labute approximate surface area is 151 Å². The van der Waals surface area contributed by atoms with E-state index >= 15 is 0 Å². The van der Waals surface area contributed by atoms with E-state index in [0.717, 1.165) is 22.6 Å². The first-order valence-electron chi connectivity index (χ1n) is 8.39. The number of amides is 1. The third kappa shape index (κ3) is 3.32. The van der Waals surface area contributed by atoms with E-state index in [4.69, 9.17) is 4.74 Å². The molecule has 0 saturated heterocycles. The molecule has 2 heterocycles. The summed E-state index contributed by atoms with van der Waals surface area (Å²) in [5, 5.41) is 4.39. The van der Waals surface area contributed by atoms with E-state index in [1.807, 2.05) is 54.6 Å². The maximum Gasteiger partial charge on any atom is 0.271 e. The highest BCUT2D eigenvalue weighted by atomic mass is 16.5. The molecule has 26 heavy (non-hydrogen) atoms. The molecule has 0 aliphatic carbocycles. The Balaban J connectivity index is 1.62. The largest absolute Gasteiger partial charge is 0.485 e. The van der Waals surface area contributed by atoms with Gasteiger partial charge < -0.3 is 4.74 Å². The van der Waals surface area contributed by atoms with E-state index in [2.05, 4.69) is 15.5 Å². The molecule has 1 amide bonds. The normalized spacial score (nSPS) is 17.2. The number of nitrogens with zero attached hydrogens (tertiary/aromatic N) is 2. The van der Waals surface area contributed by atoms with Gasteiger partial charge in [0.2, 0.25) is 0 Å². The van der Waals surface area contributed by atoms with Crippen LogP contribution < -0.4 is 10.2 Å². The second-order valence-corrected chi connectivity index (χ2v) is 5.95. The highest BCUT2D eigenvalue weighted by Crippen LogP contribution is 2.34. The van der Waals surface area contributed by atoms with Crippen molar-refractivity contribution >= 4 is 11.6 Å². The summed E-state index contributed by atoms with van der Waals surface area (Å²) in [5.74, 6) is 0.504. The first-order chi connectivity index (χ1) is 12.8. The molecule has 1 atom stereocenters. The molecule has 1 N–H and O–H groups in total. The molecule has 0 fully saturated rings. The lowest BCUT2D eigenvalue weighted by atomic mass is 9.96. The van der Waals surface area contributed by atoms with Gasteiger partial charge in [0.25, 0.3) is 5.91 Å². The van der Waals surface area contributed by atoms with Gasteiger partial charge >= 0.3 is 0 Å². The number of carbonyl (C=O) groups excluding carboxylic acids is 1. The molecule has 0 saturated carbocycles. The number of hydrazone groups is 1. The van der Waals surface area contributed by atoms with Crippen LogP contribution in [0.3, 0.4) is 0 Å². The van der Waals surface area contributed by atoms with Gasteiger partial charge in [-0.15, -0.1) is 0 Å². The lowest BCUT2D eigenvalue weighted by molar-refractivity contribution is 0.0954. The minimum absolute atomic E-state index is 0.136. The highest BCUT2D eigenvalue weighted by Gasteiger charge is 2.26. The maximum atomic E-state index is 12.3. The molecule has 3 aromatic rings. The van der Waals surface area contributed by atoms with Crippen LogP contribution in [0, 0.1) is 0 Å². The van der Waals surface area contributed by atoms with E-state index in [9.17, 15) is 4.79 Å². The Morgan fingerprint density at radius 2 is 1.73 bits per heavy atom. The molecule has 0 spiro atoms. The van der Waals surface area contributed by atoms with Crippen molar-refractivity contribution in [2.24, 2.45) is 5.10 Å². The van der Waals surface area contributed by atoms with Gasteiger partial charge in [-0.05, 0) is 29.8 Å². The van der Waals surface area contributed by atoms with Crippen molar-refractivity contribution in [2.75, 3.05) is 0 Å². The number of hydrogen-bond donors (Lipinski definition) is 1. The summed E-state index contributed by atoms with van der Waals surface area (Å²) in [6, 6.07) is 21.1. The summed E-state index contributed by atoms with van der Waals surface area (Å²) >= 11 is 0. The van der Waals surface area contributed by atoms with E-state index < -0.39 is 0 Å². The molecule has 128 valence electrons. The van der Waals surface area contributed by atoms with Crippen molar-refractivity contribution in [2.45, 2.75) is 12.5 Å². The van der Waals surface area contributed by atoms with E-state index in [-0.39, 0.29) is 12.0 Å². The zero-order valence-electron chi connectivity index (χ0n) is 14.0. The van der Waals surface area contributed by atoms with E-state index in [1.54, 1.807) is 24.5 Å². The van der Waals surface area contributed by atoms with Crippen molar-refractivity contribution in [1.82, 2.24) is 10.4 Å². The van der Waals surface area contributed by atoms with Crippen LogP contribution in [0.4, 0.5) is 0 Å². The fourth-order valence-electron chi connectivity index (χ4n) is 2.93. The van der Waals surface area contributed by atoms with Gasteiger partial charge in [-0.1, -0.05) is 42.5 Å². The zero-order valence-corrected chi connectivity index (χ0v) is 14.0. The first-order valence-corrected chi connectivity index (χ1v) is 8.39. The molecule has 5 nitrogen and oxygen atoms in total. The van der Waals surface area contributed by atoms with Crippen LogP contribution in [0.15, 0.2) is 84.2 Å². The monoisotopic (exact) mass is 343 g/mol. The van der Waals surface area contributed by atoms with Crippen LogP contribution >= 0.6 is 0 Å². The van der Waals surface area contributed by atoms with Crippen molar-refractivity contribution in [3.05, 3.63) is 95.8 Å². The van der Waals surface area contributed by atoms with Gasteiger partial charge in [0, 0.05) is 29.9 Å². The summed E-state index contributed by atoms with van der Waals surface area (Å²) in [5.41, 5.74) is 5.94. The van der Waals surface area contributed by atoms with Crippen molar-refractivity contribution in [3.8, 4) is 5.75 Å². The number of nitrogens with one attached hydrogen (secondary N) is 1. The number of fused-ring (bicyclic) bond motifs is 1. The second-order valence-electron chi connectivity index (χ2n) is 5.95. The molecule has 0 radical (unpaired) electrons. The number of aromatic nitrogens is 1. The van der Waals surface area contributed by atoms with Crippen LogP contribution in [0.1, 0.15) is 34.0 Å². The van der Waals surface area contributed by atoms with Crippen molar-refractivity contribution in [3.63, 3.8) is 0 Å². The predicted molar refractivity (Wildman–Crippen MR) is 99.1 cm³/mol. The standard InChI is InChI=1S/C21H17N3O2/c25-21(16-10-12-22-13-11-16)24-23-18-14-20(15-6-2-1-3-7-15)26-19-9-5-4-8-17(18)19/h1-13,20H,14H2,(H,24,25). The third-order valence-corrected chi connectivity index (χ3v) is 4.25. The molecule has 4 rings (SSSR count). The molecule has 0 bridgehead atoms. The molecule has 1 unspecified atom stereocenters. The van der Waals surface area contributed by atoms with Crippen LogP contribution in [-0.4, -0.2) is 16.6 Å². The quantitative estimate of drug-likeness (QED) is 0.737. The lowest BCUT2D eigenvalue weighted by Gasteiger charge is -2.27. The topological polar surface area (TPSA) is 63.6 Å². The Morgan fingerprint density at radius 1 is 1.00 bits per heavy atom. The van der Waals surface area contributed by atoms with Gasteiger partial charge in [0.1, 0.15) is 11.9 Å². The van der Waals surface area contributed by atoms with Gasteiger partial charge in [-0.3, -0.25) is 9.78 Å². The number of carbonyl (C=O) groups is 1. The highest BCUT2D eigenvalue weighted by molar-refractivity contribution is 6.05. The smallest absolute Gasteiger partial charge is 0.271 e. The minimum Gasteiger partial charge on any atom is -0.485 e. The van der Waals surface area contributed by atoms with Crippen LogP contribution in [-0.2, 0) is 0 Å². The van der Waals surface area contributed by atoms with Gasteiger partial charge in [0.15, 0.2) is 0 Å². The zero-order chi connectivity index (χ0) is 17.8. The van der Waals surface area contributed by atoms with Crippen LogP contribution in [0.25, 0.3) is 0 Å². The number of rotatable bonds is 3. The Kier molecular flexibility index (Phi) is 4.43. The first kappa shape index (κ1) is 16.0. The molecule has 1 aliphatic rings. The molecule has 2 aromatic carbocycles. The molecular formula is C21H17N3O2. The Hall–Kier alpha value is -3.47. The van der Waals surface area contributed by atoms with Crippen molar-refractivity contribution in [1.29, 1.82) is 0 Å². The summed E-state index contributed by atoms with van der Waals surface area (Å²) in [4.78, 5) is 16.2. The van der Waals surface area contributed by atoms with Gasteiger partial charge in [0.05, 0.1) is 5.71 Å². The number of pyridine rings is 1. The number of ether oxygens (including phenoxy) is 1. The van der Waals surface area contributed by atoms with E-state index in [0.29, 0.717) is 12.0 Å². The minimum atomic E-state index is -0.264. The Morgan fingerprint density at radius 3 is 2.54 bits per heavy atom. The second kappa shape index (κ2) is 7.19. The fraction of sp³-hybridized carbons (Fsp3) is 0.0952. The van der Waals surface area contributed by atoms with Gasteiger partial charge in [-0.25, -0.2) is 5.43 Å². The summed E-state index contributed by atoms with van der Waals surface area (Å²) in [7, 11) is 0. The average molecular weight is 343 g/mol. The lowest BCUT2D eigenvalue weighted by Crippen LogP contribution is -2.25. The number of hydrogen-bond acceptors (Lipinski definition) is 4. The molecule has 1 aromatic heterocycles. The van der Waals surface area contributed by atoms with Crippen LogP contribution in [0.5, 0.6) is 5.75 Å². The SMILES string of the molecule is O=C(NN=C1CC(c2ccccc2)Oc2ccccc21)c1ccncc1. The van der Waals surface area contributed by atoms with Crippen LogP contribution in [0.2, 0.25) is 0 Å². The number of benzene rings is 2. The molecule has 5 heteroatoms. The Bertz CT molecular complexity index is 940. The summed E-state index contributed by atoms with van der Waals surface area (Å²) in [6.45, 7) is 0.